The topological polar surface area (TPSA) is 52.6 Å². The second-order valence-corrected chi connectivity index (χ2v) is 6.19. The first kappa shape index (κ1) is 15.8. The molecule has 0 aromatic rings. The van der Waals surface area contributed by atoms with Gasteiger partial charge in [-0.2, -0.15) is 0 Å². The van der Waals surface area contributed by atoms with Crippen molar-refractivity contribution in [3.05, 3.63) is 23.3 Å². The first-order chi connectivity index (χ1) is 9.88. The average Bonchev–Trinajstić information content (AvgIpc) is 2.64. The van der Waals surface area contributed by atoms with E-state index in [1.54, 1.807) is 0 Å². The Morgan fingerprint density at radius 3 is 2.76 bits per heavy atom. The van der Waals surface area contributed by atoms with E-state index in [-0.39, 0.29) is 36.0 Å². The van der Waals surface area contributed by atoms with Crippen LogP contribution in [0, 0.1) is 11.8 Å². The molecule has 4 nitrogen and oxygen atoms in total. The molecule has 2 rings (SSSR count). The van der Waals surface area contributed by atoms with Crippen molar-refractivity contribution in [2.75, 3.05) is 0 Å². The molecule has 1 aliphatic heterocycles. The number of carbonyl (C=O) groups excluding carboxylic acids is 2. The largest absolute Gasteiger partial charge is 0.458 e. The quantitative estimate of drug-likeness (QED) is 0.550. The van der Waals surface area contributed by atoms with E-state index in [1.807, 2.05) is 13.8 Å². The number of hydrogen-bond donors (Lipinski definition) is 0. The van der Waals surface area contributed by atoms with E-state index in [9.17, 15) is 9.59 Å². The first-order valence-electron chi connectivity index (χ1n) is 7.60. The lowest BCUT2D eigenvalue weighted by Gasteiger charge is -2.25. The van der Waals surface area contributed by atoms with Crippen LogP contribution in [0.1, 0.15) is 47.0 Å². The van der Waals surface area contributed by atoms with Crippen LogP contribution in [0.4, 0.5) is 0 Å². The maximum atomic E-state index is 11.9. The maximum Gasteiger partial charge on any atom is 0.309 e. The van der Waals surface area contributed by atoms with E-state index in [1.165, 1.54) is 12.5 Å². The third-order valence-corrected chi connectivity index (χ3v) is 4.44. The summed E-state index contributed by atoms with van der Waals surface area (Å²) in [6.45, 7) is 7.38. The minimum absolute atomic E-state index is 0.0539. The van der Waals surface area contributed by atoms with Crippen LogP contribution >= 0.6 is 0 Å². The van der Waals surface area contributed by atoms with Gasteiger partial charge < -0.3 is 9.47 Å². The third kappa shape index (κ3) is 3.74. The molecule has 2 aliphatic rings. The van der Waals surface area contributed by atoms with Gasteiger partial charge in [0, 0.05) is 12.8 Å². The molecule has 1 aliphatic carbocycles. The number of fused-ring (bicyclic) bond motifs is 1. The molecule has 1 fully saturated rings. The predicted molar refractivity (Wildman–Crippen MR) is 79.5 cm³/mol. The molecule has 0 bridgehead atoms. The van der Waals surface area contributed by atoms with E-state index < -0.39 is 0 Å². The average molecular weight is 292 g/mol. The van der Waals surface area contributed by atoms with Gasteiger partial charge in [0.05, 0.1) is 5.92 Å². The summed E-state index contributed by atoms with van der Waals surface area (Å²) in [6.07, 6.45) is 6.20. The molecule has 0 amide bonds. The summed E-state index contributed by atoms with van der Waals surface area (Å²) < 4.78 is 11.0. The van der Waals surface area contributed by atoms with Crippen LogP contribution in [0.25, 0.3) is 0 Å². The summed E-state index contributed by atoms with van der Waals surface area (Å²) in [7, 11) is 0. The molecular formula is C17H24O4. The number of hydrogen-bond acceptors (Lipinski definition) is 4. The fourth-order valence-electron chi connectivity index (χ4n) is 3.08. The minimum Gasteiger partial charge on any atom is -0.458 e. The van der Waals surface area contributed by atoms with Gasteiger partial charge in [-0.3, -0.25) is 9.59 Å². The standard InChI is InChI=1S/C17H24O4/c1-10-6-5-7-11(2)15(20-13(4)18)9-14-12(3)17(19)21-16(14)8-10/h7-8,12,14-16H,5-6,9H2,1-4H3/b10-8?,11-7+/t12-,14-,15-,16+/m0/s1. The number of esters is 2. The van der Waals surface area contributed by atoms with Crippen molar-refractivity contribution in [1.29, 1.82) is 0 Å². The molecule has 0 aromatic carbocycles. The summed E-state index contributed by atoms with van der Waals surface area (Å²) in [6, 6.07) is 0. The minimum atomic E-state index is -0.286. The van der Waals surface area contributed by atoms with Crippen molar-refractivity contribution in [2.24, 2.45) is 11.8 Å². The zero-order valence-electron chi connectivity index (χ0n) is 13.2. The lowest BCUT2D eigenvalue weighted by atomic mass is 9.83. The van der Waals surface area contributed by atoms with Crippen LogP contribution in [-0.4, -0.2) is 24.1 Å². The number of allylic oxidation sites excluding steroid dienone is 2. The van der Waals surface area contributed by atoms with Crippen molar-refractivity contribution in [3.63, 3.8) is 0 Å². The molecule has 0 saturated carbocycles. The highest BCUT2D eigenvalue weighted by atomic mass is 16.6. The maximum absolute atomic E-state index is 11.9. The second kappa shape index (κ2) is 6.46. The van der Waals surface area contributed by atoms with Crippen molar-refractivity contribution in [3.8, 4) is 0 Å². The van der Waals surface area contributed by atoms with Gasteiger partial charge in [-0.15, -0.1) is 0 Å². The molecule has 116 valence electrons. The molecule has 4 atom stereocenters. The number of carbonyl (C=O) groups is 2. The molecule has 1 saturated heterocycles. The number of rotatable bonds is 1. The Balaban J connectivity index is 2.29. The van der Waals surface area contributed by atoms with Crippen LogP contribution in [0.15, 0.2) is 23.3 Å². The molecule has 0 spiro atoms. The van der Waals surface area contributed by atoms with Crippen LogP contribution in [0.5, 0.6) is 0 Å². The summed E-state index contributed by atoms with van der Waals surface area (Å²) in [5.41, 5.74) is 2.30. The monoisotopic (exact) mass is 292 g/mol. The van der Waals surface area contributed by atoms with Crippen molar-refractivity contribution >= 4 is 11.9 Å². The Labute approximate surface area is 126 Å². The fourth-order valence-corrected chi connectivity index (χ4v) is 3.08. The highest BCUT2D eigenvalue weighted by Crippen LogP contribution is 2.36. The zero-order valence-corrected chi connectivity index (χ0v) is 13.2. The molecule has 1 heterocycles. The van der Waals surface area contributed by atoms with Gasteiger partial charge in [-0.25, -0.2) is 0 Å². The third-order valence-electron chi connectivity index (χ3n) is 4.44. The van der Waals surface area contributed by atoms with Crippen LogP contribution < -0.4 is 0 Å². The van der Waals surface area contributed by atoms with Gasteiger partial charge in [0.1, 0.15) is 12.2 Å². The lowest BCUT2D eigenvalue weighted by molar-refractivity contribution is -0.145. The molecule has 0 unspecified atom stereocenters. The lowest BCUT2D eigenvalue weighted by Crippen LogP contribution is -2.28. The Morgan fingerprint density at radius 2 is 2.10 bits per heavy atom. The molecule has 4 heteroatoms. The molecule has 0 N–H and O–H groups in total. The summed E-state index contributed by atoms with van der Waals surface area (Å²) >= 11 is 0. The van der Waals surface area contributed by atoms with Gasteiger partial charge in [0.25, 0.3) is 0 Å². The van der Waals surface area contributed by atoms with Crippen molar-refractivity contribution in [2.45, 2.75) is 59.2 Å². The summed E-state index contributed by atoms with van der Waals surface area (Å²) in [5, 5.41) is 0. The highest BCUT2D eigenvalue weighted by molar-refractivity contribution is 5.75. The highest BCUT2D eigenvalue weighted by Gasteiger charge is 2.42. The Hall–Kier alpha value is -1.58. The Kier molecular flexibility index (Phi) is 4.86. The van der Waals surface area contributed by atoms with Crippen molar-refractivity contribution < 1.29 is 19.1 Å². The van der Waals surface area contributed by atoms with E-state index in [0.717, 1.165) is 18.4 Å². The van der Waals surface area contributed by atoms with Gasteiger partial charge in [-0.1, -0.05) is 18.6 Å². The van der Waals surface area contributed by atoms with Gasteiger partial charge >= 0.3 is 11.9 Å². The Bertz CT molecular complexity index is 489. The van der Waals surface area contributed by atoms with Gasteiger partial charge in [-0.05, 0) is 44.8 Å². The van der Waals surface area contributed by atoms with Crippen LogP contribution in [-0.2, 0) is 19.1 Å². The van der Waals surface area contributed by atoms with Gasteiger partial charge in [0.2, 0.25) is 0 Å². The first-order valence-corrected chi connectivity index (χ1v) is 7.60. The Morgan fingerprint density at radius 1 is 1.38 bits per heavy atom. The fraction of sp³-hybridized carbons (Fsp3) is 0.647. The SMILES string of the molecule is CC(=O)O[C@H]1C[C@H]2[C@H](C)C(=O)O[C@@H]2C=C(C)CC/C=C/1C. The molecular weight excluding hydrogens is 268 g/mol. The van der Waals surface area contributed by atoms with E-state index in [2.05, 4.69) is 19.1 Å². The zero-order chi connectivity index (χ0) is 15.6. The van der Waals surface area contributed by atoms with E-state index >= 15 is 0 Å². The van der Waals surface area contributed by atoms with Crippen LogP contribution in [0.2, 0.25) is 0 Å². The van der Waals surface area contributed by atoms with E-state index in [4.69, 9.17) is 9.47 Å². The number of ether oxygens (including phenoxy) is 2. The molecule has 0 radical (unpaired) electrons. The van der Waals surface area contributed by atoms with Crippen molar-refractivity contribution in [1.82, 2.24) is 0 Å². The molecule has 0 aromatic heterocycles. The van der Waals surface area contributed by atoms with E-state index in [0.29, 0.717) is 6.42 Å². The smallest absolute Gasteiger partial charge is 0.309 e. The second-order valence-electron chi connectivity index (χ2n) is 6.19. The predicted octanol–water partition coefficient (Wildman–Crippen LogP) is 3.17. The molecule has 21 heavy (non-hydrogen) atoms. The summed E-state index contributed by atoms with van der Waals surface area (Å²) in [5.74, 6) is -0.551. The normalized spacial score (nSPS) is 35.9. The van der Waals surface area contributed by atoms with Gasteiger partial charge in [0.15, 0.2) is 0 Å². The summed E-state index contributed by atoms with van der Waals surface area (Å²) in [4.78, 5) is 23.2. The van der Waals surface area contributed by atoms with Crippen LogP contribution in [0.3, 0.4) is 0 Å².